The second kappa shape index (κ2) is 10.9. The molecule has 1 amide bonds. The zero-order valence-electron chi connectivity index (χ0n) is 19.8. The molecule has 0 fully saturated rings. The number of benzene rings is 2. The highest BCUT2D eigenvalue weighted by atomic mass is 79.9. The van der Waals surface area contributed by atoms with Crippen LogP contribution >= 0.6 is 27.7 Å². The number of alkyl halides is 3. The second-order valence-corrected chi connectivity index (χ2v) is 9.83. The fourth-order valence-corrected chi connectivity index (χ4v) is 4.86. The summed E-state index contributed by atoms with van der Waals surface area (Å²) in [5.74, 6) is -0.635. The number of thioether (sulfide) groups is 1. The zero-order chi connectivity index (χ0) is 26.7. The van der Waals surface area contributed by atoms with Gasteiger partial charge in [-0.25, -0.2) is 14.6 Å². The Morgan fingerprint density at radius 3 is 2.35 bits per heavy atom. The summed E-state index contributed by atoms with van der Waals surface area (Å²) in [5.41, 5.74) is 3.93. The molecule has 0 bridgehead atoms. The third kappa shape index (κ3) is 6.86. The van der Waals surface area contributed by atoms with Gasteiger partial charge in [-0.3, -0.25) is 4.79 Å². The molecule has 37 heavy (non-hydrogen) atoms. The smallest absolute Gasteiger partial charge is 0.406 e. The summed E-state index contributed by atoms with van der Waals surface area (Å²) in [4.78, 5) is 22.1. The molecule has 0 spiro atoms. The molecule has 2 heterocycles. The minimum Gasteiger partial charge on any atom is -0.406 e. The molecule has 13 heteroatoms. The van der Waals surface area contributed by atoms with Crippen molar-refractivity contribution in [2.75, 3.05) is 5.32 Å². The van der Waals surface area contributed by atoms with E-state index >= 15 is 0 Å². The van der Waals surface area contributed by atoms with Gasteiger partial charge < -0.3 is 10.1 Å². The van der Waals surface area contributed by atoms with Crippen molar-refractivity contribution in [3.8, 4) is 11.4 Å². The van der Waals surface area contributed by atoms with Crippen molar-refractivity contribution >= 4 is 39.3 Å². The summed E-state index contributed by atoms with van der Waals surface area (Å²) in [5, 5.41) is 11.6. The van der Waals surface area contributed by atoms with Crippen LogP contribution in [0.15, 0.2) is 58.2 Å². The third-order valence-electron chi connectivity index (χ3n) is 5.03. The summed E-state index contributed by atoms with van der Waals surface area (Å²) >= 11 is 4.68. The SMILES string of the molecule is Cc1cc(C)nc(SCc2c(C(=O)Nc3ccc(Br)cc3C)nnn2-c2ccc(OC(F)(F)F)cc2)n1. The first kappa shape index (κ1) is 26.6. The van der Waals surface area contributed by atoms with Gasteiger partial charge in [-0.05, 0) is 74.9 Å². The molecule has 0 saturated heterocycles. The van der Waals surface area contributed by atoms with Crippen molar-refractivity contribution in [2.45, 2.75) is 38.0 Å². The fraction of sp³-hybridized carbons (Fsp3) is 0.208. The first-order chi connectivity index (χ1) is 17.5. The molecule has 4 rings (SSSR count). The summed E-state index contributed by atoms with van der Waals surface area (Å²) in [6.07, 6.45) is -4.81. The summed E-state index contributed by atoms with van der Waals surface area (Å²) in [6.45, 7) is 5.57. The molecular formula is C24H20BrF3N6O2S. The molecule has 0 aliphatic rings. The maximum atomic E-state index is 13.2. The number of nitrogens with one attached hydrogen (secondary N) is 1. The first-order valence-electron chi connectivity index (χ1n) is 10.8. The molecule has 0 aliphatic heterocycles. The molecule has 8 nitrogen and oxygen atoms in total. The van der Waals surface area contributed by atoms with E-state index in [4.69, 9.17) is 0 Å². The third-order valence-corrected chi connectivity index (χ3v) is 6.38. The van der Waals surface area contributed by atoms with Gasteiger partial charge in [-0.1, -0.05) is 32.9 Å². The Kier molecular flexibility index (Phi) is 7.83. The number of carbonyl (C=O) groups excluding carboxylic acids is 1. The van der Waals surface area contributed by atoms with Crippen molar-refractivity contribution in [3.05, 3.63) is 81.3 Å². The van der Waals surface area contributed by atoms with E-state index in [1.807, 2.05) is 32.9 Å². The van der Waals surface area contributed by atoms with Gasteiger partial charge in [0.25, 0.3) is 5.91 Å². The number of hydrogen-bond acceptors (Lipinski definition) is 7. The largest absolute Gasteiger partial charge is 0.573 e. The van der Waals surface area contributed by atoms with Gasteiger partial charge in [0, 0.05) is 27.3 Å². The number of halogens is 4. The lowest BCUT2D eigenvalue weighted by Crippen LogP contribution is -2.17. The van der Waals surface area contributed by atoms with Gasteiger partial charge in [-0.2, -0.15) is 0 Å². The van der Waals surface area contributed by atoms with Crippen LogP contribution in [0, 0.1) is 20.8 Å². The maximum Gasteiger partial charge on any atom is 0.573 e. The van der Waals surface area contributed by atoms with Gasteiger partial charge in [0.2, 0.25) is 0 Å². The maximum absolute atomic E-state index is 13.2. The van der Waals surface area contributed by atoms with Gasteiger partial charge in [0.05, 0.1) is 11.4 Å². The quantitative estimate of drug-likeness (QED) is 0.202. The number of nitrogens with zero attached hydrogens (tertiary/aromatic N) is 5. The van der Waals surface area contributed by atoms with Gasteiger partial charge in [0.15, 0.2) is 10.9 Å². The molecule has 192 valence electrons. The van der Waals surface area contributed by atoms with Crippen LogP contribution in [0.5, 0.6) is 5.75 Å². The summed E-state index contributed by atoms with van der Waals surface area (Å²) in [7, 11) is 0. The van der Waals surface area contributed by atoms with Crippen LogP contribution in [0.3, 0.4) is 0 Å². The number of rotatable bonds is 7. The topological polar surface area (TPSA) is 94.8 Å². The van der Waals surface area contributed by atoms with E-state index in [1.54, 1.807) is 12.1 Å². The van der Waals surface area contributed by atoms with Crippen molar-refractivity contribution in [3.63, 3.8) is 0 Å². The number of amides is 1. The Hall–Kier alpha value is -3.45. The average molecular weight is 593 g/mol. The highest BCUT2D eigenvalue weighted by molar-refractivity contribution is 9.10. The Labute approximate surface area is 222 Å². The molecule has 0 atom stereocenters. The average Bonchev–Trinajstić information content (AvgIpc) is 3.22. The van der Waals surface area contributed by atoms with Gasteiger partial charge >= 0.3 is 6.36 Å². The molecule has 0 radical (unpaired) electrons. The van der Waals surface area contributed by atoms with Gasteiger partial charge in [0.1, 0.15) is 5.75 Å². The van der Waals surface area contributed by atoms with Crippen LogP contribution in [0.4, 0.5) is 18.9 Å². The molecule has 2 aromatic heterocycles. The monoisotopic (exact) mass is 592 g/mol. The van der Waals surface area contributed by atoms with E-state index < -0.39 is 12.3 Å². The number of aryl methyl sites for hydroxylation is 3. The van der Waals surface area contributed by atoms with E-state index in [9.17, 15) is 18.0 Å². The Bertz CT molecular complexity index is 1420. The molecule has 0 aliphatic carbocycles. The van der Waals surface area contributed by atoms with Crippen molar-refractivity contribution in [1.29, 1.82) is 0 Å². The predicted octanol–water partition coefficient (Wildman–Crippen LogP) is 6.19. The van der Waals surface area contributed by atoms with Crippen LogP contribution in [-0.4, -0.2) is 37.2 Å². The standard InChI is InChI=1S/C24H20BrF3N6O2S/c1-13-10-16(25)4-9-19(13)31-22(35)21-20(12-37-23-29-14(2)11-15(3)30-23)34(33-32-21)17-5-7-18(8-6-17)36-24(26,27)28/h4-11H,12H2,1-3H3,(H,31,35). The number of anilines is 1. The molecule has 1 N–H and O–H groups in total. The summed E-state index contributed by atoms with van der Waals surface area (Å²) < 4.78 is 43.9. The first-order valence-corrected chi connectivity index (χ1v) is 12.6. The summed E-state index contributed by atoms with van der Waals surface area (Å²) in [6, 6.07) is 12.4. The van der Waals surface area contributed by atoms with Crippen molar-refractivity contribution in [2.24, 2.45) is 0 Å². The number of carbonyl (C=O) groups is 1. The lowest BCUT2D eigenvalue weighted by atomic mass is 10.2. The van der Waals surface area contributed by atoms with Crippen LogP contribution in [-0.2, 0) is 5.75 Å². The van der Waals surface area contributed by atoms with Crippen LogP contribution < -0.4 is 10.1 Å². The number of aromatic nitrogens is 5. The van der Waals surface area contributed by atoms with Crippen LogP contribution in [0.1, 0.15) is 33.1 Å². The minimum atomic E-state index is -4.81. The predicted molar refractivity (Wildman–Crippen MR) is 136 cm³/mol. The van der Waals surface area contributed by atoms with E-state index in [2.05, 4.69) is 46.3 Å². The van der Waals surface area contributed by atoms with E-state index in [1.165, 1.54) is 40.7 Å². The van der Waals surface area contributed by atoms with Crippen LogP contribution in [0.2, 0.25) is 0 Å². The van der Waals surface area contributed by atoms with E-state index in [-0.39, 0.29) is 17.2 Å². The molecule has 4 aromatic rings. The van der Waals surface area contributed by atoms with E-state index in [0.29, 0.717) is 22.2 Å². The second-order valence-electron chi connectivity index (χ2n) is 7.97. The molecule has 2 aromatic carbocycles. The van der Waals surface area contributed by atoms with Gasteiger partial charge in [-0.15, -0.1) is 18.3 Å². The highest BCUT2D eigenvalue weighted by Crippen LogP contribution is 2.27. The van der Waals surface area contributed by atoms with Crippen molar-refractivity contribution in [1.82, 2.24) is 25.0 Å². The Morgan fingerprint density at radius 1 is 1.05 bits per heavy atom. The number of ether oxygens (including phenoxy) is 1. The Balaban J connectivity index is 1.67. The van der Waals surface area contributed by atoms with Crippen LogP contribution in [0.25, 0.3) is 5.69 Å². The molecular weight excluding hydrogens is 573 g/mol. The van der Waals surface area contributed by atoms with E-state index in [0.717, 1.165) is 21.4 Å². The zero-order valence-corrected chi connectivity index (χ0v) is 22.2. The lowest BCUT2D eigenvalue weighted by Gasteiger charge is -2.11. The molecule has 0 unspecified atom stereocenters. The normalized spacial score (nSPS) is 11.4. The van der Waals surface area contributed by atoms with Crippen molar-refractivity contribution < 1.29 is 22.7 Å². The fourth-order valence-electron chi connectivity index (χ4n) is 3.44. The molecule has 0 saturated carbocycles. The Morgan fingerprint density at radius 2 is 1.73 bits per heavy atom. The number of hydrogen-bond donors (Lipinski definition) is 1. The highest BCUT2D eigenvalue weighted by Gasteiger charge is 2.31. The minimum absolute atomic E-state index is 0.0646. The lowest BCUT2D eigenvalue weighted by molar-refractivity contribution is -0.274.